The van der Waals surface area contributed by atoms with Gasteiger partial charge in [0.15, 0.2) is 5.96 Å². The fourth-order valence-corrected chi connectivity index (χ4v) is 4.38. The van der Waals surface area contributed by atoms with Crippen molar-refractivity contribution in [2.24, 2.45) is 22.7 Å². The summed E-state index contributed by atoms with van der Waals surface area (Å²) in [6.07, 6.45) is 6.24. The number of piperidine rings is 1. The summed E-state index contributed by atoms with van der Waals surface area (Å²) in [4.78, 5) is 9.37. The van der Waals surface area contributed by atoms with Crippen LogP contribution in [-0.2, 0) is 4.74 Å². The Hall–Kier alpha value is -0.810. The van der Waals surface area contributed by atoms with E-state index in [4.69, 9.17) is 4.74 Å². The minimum Gasteiger partial charge on any atom is -0.381 e. The molecule has 0 bridgehead atoms. The van der Waals surface area contributed by atoms with Crippen LogP contribution in [0.1, 0.15) is 46.0 Å². The molecule has 2 fully saturated rings. The van der Waals surface area contributed by atoms with Gasteiger partial charge >= 0.3 is 0 Å². The molecule has 0 amide bonds. The predicted molar refractivity (Wildman–Crippen MR) is 106 cm³/mol. The molecule has 2 rings (SSSR count). The zero-order chi connectivity index (χ0) is 18.1. The van der Waals surface area contributed by atoms with E-state index in [1.807, 2.05) is 7.05 Å². The molecule has 2 atom stereocenters. The Bertz CT molecular complexity index is 385. The molecule has 5 nitrogen and oxygen atoms in total. The number of likely N-dealkylation sites (tertiary alicyclic amines) is 1. The van der Waals surface area contributed by atoms with Gasteiger partial charge in [0.2, 0.25) is 0 Å². The maximum absolute atomic E-state index is 5.45. The van der Waals surface area contributed by atoms with Crippen molar-refractivity contribution in [3.8, 4) is 0 Å². The molecule has 0 saturated carbocycles. The quantitative estimate of drug-likeness (QED) is 0.434. The van der Waals surface area contributed by atoms with Gasteiger partial charge < -0.3 is 19.9 Å². The number of nitrogens with zero attached hydrogens (tertiary/aromatic N) is 3. The summed E-state index contributed by atoms with van der Waals surface area (Å²) in [5, 5.41) is 3.54. The van der Waals surface area contributed by atoms with Gasteiger partial charge in [-0.2, -0.15) is 0 Å². The highest BCUT2D eigenvalue weighted by molar-refractivity contribution is 5.79. The Morgan fingerprint density at radius 3 is 2.52 bits per heavy atom. The Balaban J connectivity index is 1.60. The molecule has 2 aliphatic rings. The third-order valence-electron chi connectivity index (χ3n) is 5.67. The van der Waals surface area contributed by atoms with E-state index in [2.05, 4.69) is 41.0 Å². The van der Waals surface area contributed by atoms with Crippen LogP contribution in [-0.4, -0.2) is 75.8 Å². The van der Waals surface area contributed by atoms with E-state index in [0.29, 0.717) is 0 Å². The average Bonchev–Trinajstić information content (AvgIpc) is 2.60. The number of hydrogen-bond donors (Lipinski definition) is 1. The molecule has 1 N–H and O–H groups in total. The first-order valence-corrected chi connectivity index (χ1v) is 10.3. The normalized spacial score (nSPS) is 26.6. The second-order valence-electron chi connectivity index (χ2n) is 8.30. The Kier molecular flexibility index (Phi) is 9.04. The highest BCUT2D eigenvalue weighted by Crippen LogP contribution is 2.21. The van der Waals surface area contributed by atoms with Crippen LogP contribution in [0.4, 0.5) is 0 Å². The van der Waals surface area contributed by atoms with Gasteiger partial charge in [0, 0.05) is 53.5 Å². The Labute approximate surface area is 155 Å². The van der Waals surface area contributed by atoms with E-state index in [0.717, 1.165) is 50.0 Å². The molecule has 2 unspecified atom stereocenters. The molecular weight excluding hydrogens is 312 g/mol. The standard InChI is InChI=1S/C20H40N4O/c1-17-14-18(2)16-24(15-17)10-5-9-22-20(21-3)23(4)11-6-19-7-12-25-13-8-19/h17-19H,5-16H2,1-4H3,(H,21,22). The molecule has 0 aromatic rings. The lowest BCUT2D eigenvalue weighted by Crippen LogP contribution is -2.42. The number of rotatable bonds is 7. The topological polar surface area (TPSA) is 40.1 Å². The maximum atomic E-state index is 5.45. The van der Waals surface area contributed by atoms with E-state index in [9.17, 15) is 0 Å². The molecule has 2 saturated heterocycles. The third-order valence-corrected chi connectivity index (χ3v) is 5.67. The molecule has 0 aliphatic carbocycles. The fourth-order valence-electron chi connectivity index (χ4n) is 4.38. The summed E-state index contributed by atoms with van der Waals surface area (Å²) in [6.45, 7) is 12.5. The van der Waals surface area contributed by atoms with Gasteiger partial charge in [-0.3, -0.25) is 4.99 Å². The van der Waals surface area contributed by atoms with Gasteiger partial charge in [-0.1, -0.05) is 13.8 Å². The summed E-state index contributed by atoms with van der Waals surface area (Å²) < 4.78 is 5.45. The molecule has 0 aromatic heterocycles. The summed E-state index contributed by atoms with van der Waals surface area (Å²) in [5.41, 5.74) is 0. The molecule has 2 aliphatic heterocycles. The Morgan fingerprint density at radius 1 is 1.20 bits per heavy atom. The smallest absolute Gasteiger partial charge is 0.193 e. The molecule has 25 heavy (non-hydrogen) atoms. The SMILES string of the molecule is CN=C(NCCCN1CC(C)CC(C)C1)N(C)CCC1CCOCC1. The molecule has 0 radical (unpaired) electrons. The fraction of sp³-hybridized carbons (Fsp3) is 0.950. The zero-order valence-electron chi connectivity index (χ0n) is 17.0. The van der Waals surface area contributed by atoms with Gasteiger partial charge in [-0.25, -0.2) is 0 Å². The molecule has 146 valence electrons. The number of hydrogen-bond acceptors (Lipinski definition) is 3. The van der Waals surface area contributed by atoms with Crippen LogP contribution < -0.4 is 5.32 Å². The average molecular weight is 353 g/mol. The van der Waals surface area contributed by atoms with Crippen molar-refractivity contribution in [1.29, 1.82) is 0 Å². The predicted octanol–water partition coefficient (Wildman–Crippen LogP) is 2.68. The second-order valence-corrected chi connectivity index (χ2v) is 8.30. The zero-order valence-corrected chi connectivity index (χ0v) is 17.0. The van der Waals surface area contributed by atoms with Crippen LogP contribution in [0.25, 0.3) is 0 Å². The van der Waals surface area contributed by atoms with Crippen LogP contribution >= 0.6 is 0 Å². The Morgan fingerprint density at radius 2 is 1.88 bits per heavy atom. The number of ether oxygens (including phenoxy) is 1. The van der Waals surface area contributed by atoms with Crippen molar-refractivity contribution >= 4 is 5.96 Å². The third kappa shape index (κ3) is 7.53. The van der Waals surface area contributed by atoms with Gasteiger partial charge in [0.25, 0.3) is 0 Å². The largest absolute Gasteiger partial charge is 0.381 e. The van der Waals surface area contributed by atoms with Gasteiger partial charge in [-0.05, 0) is 56.4 Å². The molecule has 2 heterocycles. The first-order chi connectivity index (χ1) is 12.1. The van der Waals surface area contributed by atoms with Gasteiger partial charge in [-0.15, -0.1) is 0 Å². The van der Waals surface area contributed by atoms with E-state index < -0.39 is 0 Å². The van der Waals surface area contributed by atoms with Crippen molar-refractivity contribution in [1.82, 2.24) is 15.1 Å². The van der Waals surface area contributed by atoms with Crippen molar-refractivity contribution in [3.05, 3.63) is 0 Å². The first kappa shape index (κ1) is 20.5. The molecule has 0 spiro atoms. The lowest BCUT2D eigenvalue weighted by molar-refractivity contribution is 0.0625. The number of aliphatic imine (C=N–C) groups is 1. The summed E-state index contributed by atoms with van der Waals surface area (Å²) >= 11 is 0. The maximum Gasteiger partial charge on any atom is 0.193 e. The minimum absolute atomic E-state index is 0.817. The lowest BCUT2D eigenvalue weighted by atomic mass is 9.92. The first-order valence-electron chi connectivity index (χ1n) is 10.3. The lowest BCUT2D eigenvalue weighted by Gasteiger charge is -2.35. The summed E-state index contributed by atoms with van der Waals surface area (Å²) in [7, 11) is 4.05. The van der Waals surface area contributed by atoms with E-state index in [1.165, 1.54) is 51.7 Å². The molecular formula is C20H40N4O. The van der Waals surface area contributed by atoms with E-state index in [-0.39, 0.29) is 0 Å². The van der Waals surface area contributed by atoms with Crippen molar-refractivity contribution in [2.75, 3.05) is 60.0 Å². The van der Waals surface area contributed by atoms with Crippen LogP contribution in [0.2, 0.25) is 0 Å². The number of nitrogens with one attached hydrogen (secondary N) is 1. The summed E-state index contributed by atoms with van der Waals surface area (Å²) in [5.74, 6) is 3.55. The minimum atomic E-state index is 0.817. The monoisotopic (exact) mass is 352 g/mol. The van der Waals surface area contributed by atoms with Crippen LogP contribution in [0.15, 0.2) is 4.99 Å². The van der Waals surface area contributed by atoms with E-state index in [1.54, 1.807) is 0 Å². The van der Waals surface area contributed by atoms with Gasteiger partial charge in [0.1, 0.15) is 0 Å². The number of guanidine groups is 1. The van der Waals surface area contributed by atoms with E-state index >= 15 is 0 Å². The van der Waals surface area contributed by atoms with Crippen LogP contribution in [0.5, 0.6) is 0 Å². The van der Waals surface area contributed by atoms with Crippen molar-refractivity contribution in [3.63, 3.8) is 0 Å². The van der Waals surface area contributed by atoms with Crippen molar-refractivity contribution < 1.29 is 4.74 Å². The van der Waals surface area contributed by atoms with Crippen LogP contribution in [0, 0.1) is 17.8 Å². The van der Waals surface area contributed by atoms with Crippen LogP contribution in [0.3, 0.4) is 0 Å². The molecule has 0 aromatic carbocycles. The molecule has 5 heteroatoms. The highest BCUT2D eigenvalue weighted by Gasteiger charge is 2.21. The van der Waals surface area contributed by atoms with Gasteiger partial charge in [0.05, 0.1) is 0 Å². The second kappa shape index (κ2) is 11.0. The highest BCUT2D eigenvalue weighted by atomic mass is 16.5. The summed E-state index contributed by atoms with van der Waals surface area (Å²) in [6, 6.07) is 0. The van der Waals surface area contributed by atoms with Crippen molar-refractivity contribution in [2.45, 2.75) is 46.0 Å².